The Morgan fingerprint density at radius 2 is 1.29 bits per heavy atom. The topological polar surface area (TPSA) is 24.1 Å². The van der Waals surface area contributed by atoms with E-state index >= 15 is 0 Å². The molecule has 80 valence electrons. The Hall–Kier alpha value is -0.310. The van der Waals surface area contributed by atoms with Crippen LogP contribution in [-0.4, -0.2) is 17.2 Å². The molecule has 14 heavy (non-hydrogen) atoms. The SMILES string of the molecule is S=C(NC1CCCCCC1)NC1CC1. The molecule has 3 heteroatoms. The average molecular weight is 212 g/mol. The number of hydrogen-bond donors (Lipinski definition) is 2. The third-order valence-electron chi connectivity index (χ3n) is 3.10. The molecular weight excluding hydrogens is 192 g/mol. The van der Waals surface area contributed by atoms with E-state index in [1.165, 1.54) is 51.4 Å². The van der Waals surface area contributed by atoms with Crippen LogP contribution in [0, 0.1) is 0 Å². The first-order valence-electron chi connectivity index (χ1n) is 5.91. The number of thiocarbonyl (C=S) groups is 1. The third-order valence-corrected chi connectivity index (χ3v) is 3.34. The van der Waals surface area contributed by atoms with Gasteiger partial charge in [-0.15, -0.1) is 0 Å². The standard InChI is InChI=1S/C11H20N2S/c14-11(13-10-7-8-10)12-9-5-3-1-2-4-6-9/h9-10H,1-8H2,(H2,12,13,14). The molecule has 2 nitrogen and oxygen atoms in total. The van der Waals surface area contributed by atoms with Crippen molar-refractivity contribution < 1.29 is 0 Å². The molecule has 0 atom stereocenters. The van der Waals surface area contributed by atoms with E-state index in [-0.39, 0.29) is 0 Å². The van der Waals surface area contributed by atoms with Gasteiger partial charge in [0.25, 0.3) is 0 Å². The molecule has 0 aromatic rings. The van der Waals surface area contributed by atoms with Crippen LogP contribution >= 0.6 is 12.2 Å². The van der Waals surface area contributed by atoms with Crippen molar-refractivity contribution in [2.24, 2.45) is 0 Å². The van der Waals surface area contributed by atoms with Crippen molar-refractivity contribution in [1.82, 2.24) is 10.6 Å². The van der Waals surface area contributed by atoms with Crippen molar-refractivity contribution >= 4 is 17.3 Å². The lowest BCUT2D eigenvalue weighted by molar-refractivity contribution is 0.528. The van der Waals surface area contributed by atoms with Gasteiger partial charge in [-0.3, -0.25) is 0 Å². The maximum Gasteiger partial charge on any atom is 0.166 e. The summed E-state index contributed by atoms with van der Waals surface area (Å²) in [6.45, 7) is 0. The second kappa shape index (κ2) is 4.96. The van der Waals surface area contributed by atoms with E-state index in [0.29, 0.717) is 12.1 Å². The Labute approximate surface area is 91.8 Å². The number of nitrogens with one attached hydrogen (secondary N) is 2. The van der Waals surface area contributed by atoms with Crippen LogP contribution in [0.15, 0.2) is 0 Å². The van der Waals surface area contributed by atoms with E-state index in [9.17, 15) is 0 Å². The van der Waals surface area contributed by atoms with Crippen LogP contribution in [0.25, 0.3) is 0 Å². The van der Waals surface area contributed by atoms with Gasteiger partial charge in [-0.2, -0.15) is 0 Å². The maximum atomic E-state index is 5.27. The molecule has 0 aliphatic heterocycles. The fourth-order valence-corrected chi connectivity index (χ4v) is 2.40. The quantitative estimate of drug-likeness (QED) is 0.543. The highest BCUT2D eigenvalue weighted by atomic mass is 32.1. The fraction of sp³-hybridized carbons (Fsp3) is 0.909. The highest BCUT2D eigenvalue weighted by Gasteiger charge is 2.22. The predicted molar refractivity (Wildman–Crippen MR) is 63.4 cm³/mol. The van der Waals surface area contributed by atoms with E-state index in [0.717, 1.165) is 5.11 Å². The van der Waals surface area contributed by atoms with Gasteiger partial charge in [-0.25, -0.2) is 0 Å². The number of rotatable bonds is 2. The Kier molecular flexibility index (Phi) is 3.62. The van der Waals surface area contributed by atoms with Crippen LogP contribution < -0.4 is 10.6 Å². The summed E-state index contributed by atoms with van der Waals surface area (Å²) in [5.41, 5.74) is 0. The third kappa shape index (κ3) is 3.45. The molecule has 2 fully saturated rings. The summed E-state index contributed by atoms with van der Waals surface area (Å²) in [5.74, 6) is 0. The minimum absolute atomic E-state index is 0.635. The predicted octanol–water partition coefficient (Wildman–Crippen LogP) is 2.34. The van der Waals surface area contributed by atoms with Gasteiger partial charge in [0.15, 0.2) is 5.11 Å². The number of hydrogen-bond acceptors (Lipinski definition) is 1. The van der Waals surface area contributed by atoms with Crippen LogP contribution in [0.1, 0.15) is 51.4 Å². The summed E-state index contributed by atoms with van der Waals surface area (Å²) < 4.78 is 0. The van der Waals surface area contributed by atoms with Gasteiger partial charge in [-0.05, 0) is 37.9 Å². The fourth-order valence-electron chi connectivity index (χ4n) is 2.06. The van der Waals surface area contributed by atoms with Gasteiger partial charge in [0, 0.05) is 12.1 Å². The smallest absolute Gasteiger partial charge is 0.166 e. The summed E-state index contributed by atoms with van der Waals surface area (Å²) in [4.78, 5) is 0. The molecule has 0 heterocycles. The molecule has 0 aromatic carbocycles. The zero-order valence-corrected chi connectivity index (χ0v) is 9.54. The Bertz CT molecular complexity index is 193. The molecular formula is C11H20N2S. The van der Waals surface area contributed by atoms with Gasteiger partial charge < -0.3 is 10.6 Å². The summed E-state index contributed by atoms with van der Waals surface area (Å²) in [5, 5.41) is 7.68. The lowest BCUT2D eigenvalue weighted by Gasteiger charge is -2.18. The maximum absolute atomic E-state index is 5.27. The lowest BCUT2D eigenvalue weighted by Crippen LogP contribution is -2.42. The molecule has 0 amide bonds. The minimum atomic E-state index is 0.635. The van der Waals surface area contributed by atoms with E-state index < -0.39 is 0 Å². The summed E-state index contributed by atoms with van der Waals surface area (Å²) >= 11 is 5.27. The lowest BCUT2D eigenvalue weighted by atomic mass is 10.1. The van der Waals surface area contributed by atoms with Crippen LogP contribution in [0.2, 0.25) is 0 Å². The highest BCUT2D eigenvalue weighted by Crippen LogP contribution is 2.19. The van der Waals surface area contributed by atoms with Crippen molar-refractivity contribution in [1.29, 1.82) is 0 Å². The van der Waals surface area contributed by atoms with Gasteiger partial charge >= 0.3 is 0 Å². The van der Waals surface area contributed by atoms with Gasteiger partial charge in [-0.1, -0.05) is 25.7 Å². The molecule has 2 aliphatic rings. The van der Waals surface area contributed by atoms with Crippen molar-refractivity contribution in [3.8, 4) is 0 Å². The van der Waals surface area contributed by atoms with Gasteiger partial charge in [0.05, 0.1) is 0 Å². The van der Waals surface area contributed by atoms with Crippen LogP contribution in [0.3, 0.4) is 0 Å². The largest absolute Gasteiger partial charge is 0.360 e. The molecule has 2 saturated carbocycles. The van der Waals surface area contributed by atoms with E-state index in [1.807, 2.05) is 0 Å². The monoisotopic (exact) mass is 212 g/mol. The molecule has 2 N–H and O–H groups in total. The summed E-state index contributed by atoms with van der Waals surface area (Å²) in [7, 11) is 0. The average Bonchev–Trinajstić information content (AvgIpc) is 2.93. The minimum Gasteiger partial charge on any atom is -0.360 e. The molecule has 0 unspecified atom stereocenters. The Morgan fingerprint density at radius 1 is 0.786 bits per heavy atom. The molecule has 0 saturated heterocycles. The van der Waals surface area contributed by atoms with Crippen molar-refractivity contribution in [3.05, 3.63) is 0 Å². The second-order valence-corrected chi connectivity index (χ2v) is 4.99. The van der Waals surface area contributed by atoms with Crippen molar-refractivity contribution in [3.63, 3.8) is 0 Å². The molecule has 0 bridgehead atoms. The van der Waals surface area contributed by atoms with Gasteiger partial charge in [0.1, 0.15) is 0 Å². The van der Waals surface area contributed by atoms with Crippen LogP contribution in [0.4, 0.5) is 0 Å². The van der Waals surface area contributed by atoms with E-state index in [1.54, 1.807) is 0 Å². The molecule has 0 radical (unpaired) electrons. The van der Waals surface area contributed by atoms with Gasteiger partial charge in [0.2, 0.25) is 0 Å². The summed E-state index contributed by atoms with van der Waals surface area (Å²) in [6, 6.07) is 1.32. The summed E-state index contributed by atoms with van der Waals surface area (Å²) in [6.07, 6.45) is 10.7. The normalized spacial score (nSPS) is 24.0. The van der Waals surface area contributed by atoms with E-state index in [2.05, 4.69) is 10.6 Å². The molecule has 0 spiro atoms. The molecule has 0 aromatic heterocycles. The first-order valence-corrected chi connectivity index (χ1v) is 6.32. The van der Waals surface area contributed by atoms with Crippen LogP contribution in [-0.2, 0) is 0 Å². The zero-order valence-electron chi connectivity index (χ0n) is 8.72. The molecule has 2 aliphatic carbocycles. The Balaban J connectivity index is 1.68. The van der Waals surface area contributed by atoms with Crippen molar-refractivity contribution in [2.75, 3.05) is 0 Å². The molecule has 2 rings (SSSR count). The van der Waals surface area contributed by atoms with E-state index in [4.69, 9.17) is 12.2 Å². The second-order valence-electron chi connectivity index (χ2n) is 4.58. The Morgan fingerprint density at radius 3 is 1.79 bits per heavy atom. The van der Waals surface area contributed by atoms with Crippen LogP contribution in [0.5, 0.6) is 0 Å². The highest BCUT2D eigenvalue weighted by molar-refractivity contribution is 7.80. The first-order chi connectivity index (χ1) is 6.84. The zero-order chi connectivity index (χ0) is 9.80. The first kappa shape index (κ1) is 10.2. The van der Waals surface area contributed by atoms with Crippen molar-refractivity contribution in [2.45, 2.75) is 63.5 Å².